The third-order valence-corrected chi connectivity index (χ3v) is 3.92. The molecule has 1 amide bonds. The predicted octanol–water partition coefficient (Wildman–Crippen LogP) is 3.26. The SMILES string of the molecule is O=C1NC(c2ccc(Cl)s2)Nc2ccccc21. The van der Waals surface area contributed by atoms with Crippen molar-refractivity contribution in [2.24, 2.45) is 0 Å². The van der Waals surface area contributed by atoms with Gasteiger partial charge < -0.3 is 10.6 Å². The van der Waals surface area contributed by atoms with Gasteiger partial charge in [-0.3, -0.25) is 4.79 Å². The van der Waals surface area contributed by atoms with Gasteiger partial charge in [0.05, 0.1) is 9.90 Å². The minimum atomic E-state index is -0.199. The normalized spacial score (nSPS) is 18.2. The number of fused-ring (bicyclic) bond motifs is 1. The number of hydrogen-bond donors (Lipinski definition) is 2. The fraction of sp³-hybridized carbons (Fsp3) is 0.0833. The van der Waals surface area contributed by atoms with E-state index in [1.807, 2.05) is 30.3 Å². The number of nitrogens with one attached hydrogen (secondary N) is 2. The summed E-state index contributed by atoms with van der Waals surface area (Å²) in [5.41, 5.74) is 1.53. The van der Waals surface area contributed by atoms with Crippen LogP contribution < -0.4 is 10.6 Å². The number of para-hydroxylation sites is 1. The molecule has 0 radical (unpaired) electrons. The second kappa shape index (κ2) is 4.05. The first-order valence-electron chi connectivity index (χ1n) is 5.16. The fourth-order valence-corrected chi connectivity index (χ4v) is 2.90. The quantitative estimate of drug-likeness (QED) is 0.830. The molecule has 1 atom stereocenters. The number of halogens is 1. The van der Waals surface area contributed by atoms with E-state index in [2.05, 4.69) is 10.6 Å². The Balaban J connectivity index is 1.96. The fourth-order valence-electron chi connectivity index (χ4n) is 1.83. The van der Waals surface area contributed by atoms with Crippen molar-refractivity contribution in [1.82, 2.24) is 5.32 Å². The zero-order chi connectivity index (χ0) is 11.8. The Morgan fingerprint density at radius 2 is 1.94 bits per heavy atom. The second-order valence-electron chi connectivity index (χ2n) is 3.74. The average Bonchev–Trinajstić information content (AvgIpc) is 2.76. The standard InChI is InChI=1S/C12H9ClN2OS/c13-10-6-5-9(17-10)11-14-8-4-2-1-3-7(8)12(16)15-11/h1-6,11,14H,(H,15,16). The minimum Gasteiger partial charge on any atom is -0.360 e. The van der Waals surface area contributed by atoms with E-state index in [4.69, 9.17) is 11.6 Å². The van der Waals surface area contributed by atoms with Gasteiger partial charge in [-0.1, -0.05) is 23.7 Å². The number of carbonyl (C=O) groups excluding carboxylic acids is 1. The Bertz CT molecular complexity index is 581. The molecule has 17 heavy (non-hydrogen) atoms. The molecule has 1 aromatic carbocycles. The van der Waals surface area contributed by atoms with E-state index < -0.39 is 0 Å². The summed E-state index contributed by atoms with van der Waals surface area (Å²) < 4.78 is 0.718. The van der Waals surface area contributed by atoms with Crippen LogP contribution in [0.2, 0.25) is 4.34 Å². The van der Waals surface area contributed by atoms with Gasteiger partial charge in [0.25, 0.3) is 5.91 Å². The van der Waals surface area contributed by atoms with E-state index in [1.165, 1.54) is 11.3 Å². The average molecular weight is 265 g/mol. The van der Waals surface area contributed by atoms with Gasteiger partial charge >= 0.3 is 0 Å². The van der Waals surface area contributed by atoms with E-state index in [-0.39, 0.29) is 12.1 Å². The summed E-state index contributed by atoms with van der Waals surface area (Å²) in [6.07, 6.45) is -0.199. The summed E-state index contributed by atoms with van der Waals surface area (Å²) in [5, 5.41) is 6.18. The minimum absolute atomic E-state index is 0.0612. The highest BCUT2D eigenvalue weighted by Crippen LogP contribution is 2.31. The number of hydrogen-bond acceptors (Lipinski definition) is 3. The number of amides is 1. The molecule has 0 saturated heterocycles. The van der Waals surface area contributed by atoms with Crippen molar-refractivity contribution in [2.75, 3.05) is 5.32 Å². The lowest BCUT2D eigenvalue weighted by atomic mass is 10.1. The van der Waals surface area contributed by atoms with Gasteiger partial charge in [-0.2, -0.15) is 0 Å². The van der Waals surface area contributed by atoms with Crippen LogP contribution in [0.3, 0.4) is 0 Å². The molecule has 3 rings (SSSR count). The summed E-state index contributed by atoms with van der Waals surface area (Å²) in [6, 6.07) is 11.2. The summed E-state index contributed by atoms with van der Waals surface area (Å²) in [4.78, 5) is 12.9. The number of thiophene rings is 1. The number of rotatable bonds is 1. The van der Waals surface area contributed by atoms with E-state index in [9.17, 15) is 4.79 Å². The number of anilines is 1. The van der Waals surface area contributed by atoms with Crippen molar-refractivity contribution in [2.45, 2.75) is 6.17 Å². The van der Waals surface area contributed by atoms with Crippen molar-refractivity contribution in [1.29, 1.82) is 0 Å². The van der Waals surface area contributed by atoms with E-state index in [0.717, 1.165) is 14.9 Å². The zero-order valence-corrected chi connectivity index (χ0v) is 10.3. The molecule has 0 aliphatic carbocycles. The molecular weight excluding hydrogens is 256 g/mol. The Kier molecular flexibility index (Phi) is 2.53. The highest BCUT2D eigenvalue weighted by atomic mass is 35.5. The van der Waals surface area contributed by atoms with Gasteiger partial charge in [0, 0.05) is 10.6 Å². The molecule has 1 aromatic heterocycles. The van der Waals surface area contributed by atoms with Gasteiger partial charge in [-0.05, 0) is 24.3 Å². The molecular formula is C12H9ClN2OS. The molecule has 5 heteroatoms. The first-order valence-corrected chi connectivity index (χ1v) is 6.35. The summed E-state index contributed by atoms with van der Waals surface area (Å²) in [5.74, 6) is -0.0612. The van der Waals surface area contributed by atoms with Crippen LogP contribution in [0.1, 0.15) is 21.4 Å². The summed E-state index contributed by atoms with van der Waals surface area (Å²) in [6.45, 7) is 0. The molecule has 1 aliphatic rings. The van der Waals surface area contributed by atoms with Gasteiger partial charge in [0.1, 0.15) is 6.17 Å². The van der Waals surface area contributed by atoms with Crippen LogP contribution in [0.25, 0.3) is 0 Å². The number of carbonyl (C=O) groups is 1. The van der Waals surface area contributed by atoms with Crippen LogP contribution in [-0.4, -0.2) is 5.91 Å². The maximum atomic E-state index is 11.9. The molecule has 2 heterocycles. The van der Waals surface area contributed by atoms with Crippen LogP contribution >= 0.6 is 22.9 Å². The molecule has 2 aromatic rings. The van der Waals surface area contributed by atoms with Gasteiger partial charge in [0.2, 0.25) is 0 Å². The van der Waals surface area contributed by atoms with Crippen LogP contribution in [0.5, 0.6) is 0 Å². The smallest absolute Gasteiger partial charge is 0.255 e. The lowest BCUT2D eigenvalue weighted by Gasteiger charge is -2.26. The van der Waals surface area contributed by atoms with E-state index >= 15 is 0 Å². The van der Waals surface area contributed by atoms with Crippen molar-refractivity contribution in [3.63, 3.8) is 0 Å². The monoisotopic (exact) mass is 264 g/mol. The molecule has 86 valence electrons. The maximum Gasteiger partial charge on any atom is 0.255 e. The predicted molar refractivity (Wildman–Crippen MR) is 69.6 cm³/mol. The Morgan fingerprint density at radius 3 is 2.71 bits per heavy atom. The second-order valence-corrected chi connectivity index (χ2v) is 5.48. The summed E-state index contributed by atoms with van der Waals surface area (Å²) >= 11 is 7.35. The topological polar surface area (TPSA) is 41.1 Å². The van der Waals surface area contributed by atoms with Gasteiger partial charge in [-0.15, -0.1) is 11.3 Å². The molecule has 2 N–H and O–H groups in total. The van der Waals surface area contributed by atoms with E-state index in [1.54, 1.807) is 6.07 Å². The Morgan fingerprint density at radius 1 is 1.12 bits per heavy atom. The van der Waals surface area contributed by atoms with Gasteiger partial charge in [-0.25, -0.2) is 0 Å². The van der Waals surface area contributed by atoms with Crippen molar-refractivity contribution < 1.29 is 4.79 Å². The van der Waals surface area contributed by atoms with Crippen LogP contribution in [0.15, 0.2) is 36.4 Å². The first kappa shape index (κ1) is 10.6. The summed E-state index contributed by atoms with van der Waals surface area (Å²) in [7, 11) is 0. The third-order valence-electron chi connectivity index (χ3n) is 2.63. The molecule has 0 saturated carbocycles. The largest absolute Gasteiger partial charge is 0.360 e. The maximum absolute atomic E-state index is 11.9. The Labute approximate surface area is 107 Å². The molecule has 0 bridgehead atoms. The molecule has 1 unspecified atom stereocenters. The van der Waals surface area contributed by atoms with E-state index in [0.29, 0.717) is 5.56 Å². The van der Waals surface area contributed by atoms with Crippen molar-refractivity contribution in [3.05, 3.63) is 51.2 Å². The van der Waals surface area contributed by atoms with Crippen molar-refractivity contribution in [3.8, 4) is 0 Å². The highest BCUT2D eigenvalue weighted by Gasteiger charge is 2.24. The molecule has 0 spiro atoms. The lowest BCUT2D eigenvalue weighted by Crippen LogP contribution is -2.37. The number of benzene rings is 1. The van der Waals surface area contributed by atoms with Crippen molar-refractivity contribution >= 4 is 34.5 Å². The zero-order valence-electron chi connectivity index (χ0n) is 8.74. The molecule has 0 fully saturated rings. The van der Waals surface area contributed by atoms with Crippen LogP contribution in [-0.2, 0) is 0 Å². The lowest BCUT2D eigenvalue weighted by molar-refractivity contribution is 0.0936. The molecule has 1 aliphatic heterocycles. The third kappa shape index (κ3) is 1.90. The Hall–Kier alpha value is -1.52. The highest BCUT2D eigenvalue weighted by molar-refractivity contribution is 7.16. The van der Waals surface area contributed by atoms with Crippen LogP contribution in [0, 0.1) is 0 Å². The molecule has 3 nitrogen and oxygen atoms in total. The van der Waals surface area contributed by atoms with Gasteiger partial charge in [0.15, 0.2) is 0 Å². The first-order chi connectivity index (χ1) is 8.24. The van der Waals surface area contributed by atoms with Crippen LogP contribution in [0.4, 0.5) is 5.69 Å².